The number of aryl methyl sites for hydroxylation is 1. The van der Waals surface area contributed by atoms with Crippen molar-refractivity contribution in [3.05, 3.63) is 41.7 Å². The molecule has 120 valence electrons. The number of amides is 1. The molecule has 0 aliphatic carbocycles. The van der Waals surface area contributed by atoms with Crippen molar-refractivity contribution in [3.63, 3.8) is 0 Å². The van der Waals surface area contributed by atoms with Gasteiger partial charge >= 0.3 is 0 Å². The van der Waals surface area contributed by atoms with Crippen molar-refractivity contribution >= 4 is 11.6 Å². The van der Waals surface area contributed by atoms with E-state index < -0.39 is 11.5 Å². The van der Waals surface area contributed by atoms with Crippen molar-refractivity contribution in [2.75, 3.05) is 12.4 Å². The zero-order valence-corrected chi connectivity index (χ0v) is 13.2. The molecule has 2 N–H and O–H groups in total. The summed E-state index contributed by atoms with van der Waals surface area (Å²) in [4.78, 5) is 12.3. The minimum Gasteiger partial charge on any atom is -0.493 e. The maximum Gasteiger partial charge on any atom is 0.257 e. The summed E-state index contributed by atoms with van der Waals surface area (Å²) in [5.41, 5.74) is 0.156. The molecule has 0 saturated heterocycles. The Bertz CT molecular complexity index is 759. The van der Waals surface area contributed by atoms with E-state index in [-0.39, 0.29) is 6.54 Å². The fourth-order valence-electron chi connectivity index (χ4n) is 2.06. The molecule has 0 bridgehead atoms. The number of hydrogen-bond donors (Lipinski definition) is 2. The van der Waals surface area contributed by atoms with E-state index in [1.807, 2.05) is 0 Å². The summed E-state index contributed by atoms with van der Waals surface area (Å²) in [6, 6.07) is 6.99. The number of aliphatic hydroxyl groups is 1. The SMILES string of the molecule is COc1cnn(C[C@](C)(O)C(=O)Nc2ccc(C#N)c(C)c2)c1. The third-order valence-corrected chi connectivity index (χ3v) is 3.41. The van der Waals surface area contributed by atoms with Crippen LogP contribution in [0.2, 0.25) is 0 Å². The Morgan fingerprint density at radius 2 is 2.30 bits per heavy atom. The molecule has 0 aliphatic rings. The zero-order valence-electron chi connectivity index (χ0n) is 13.2. The van der Waals surface area contributed by atoms with Gasteiger partial charge in [-0.2, -0.15) is 10.4 Å². The predicted octanol–water partition coefficient (Wildman–Crippen LogP) is 1.46. The molecule has 1 heterocycles. The molecular weight excluding hydrogens is 296 g/mol. The molecule has 0 saturated carbocycles. The van der Waals surface area contributed by atoms with Crippen molar-refractivity contribution in [2.45, 2.75) is 26.0 Å². The van der Waals surface area contributed by atoms with Crippen LogP contribution in [0.25, 0.3) is 0 Å². The standard InChI is InChI=1S/C16H18N4O3/c1-11-6-13(5-4-12(11)7-17)19-15(21)16(2,22)10-20-9-14(23-3)8-18-20/h4-6,8-9,22H,10H2,1-3H3,(H,19,21)/t16-/m0/s1. The number of carbonyl (C=O) groups is 1. The molecule has 0 fully saturated rings. The van der Waals surface area contributed by atoms with Crippen LogP contribution < -0.4 is 10.1 Å². The van der Waals surface area contributed by atoms with Crippen LogP contribution in [0.4, 0.5) is 5.69 Å². The number of nitrogens with zero attached hydrogens (tertiary/aromatic N) is 3. The van der Waals surface area contributed by atoms with Crippen molar-refractivity contribution in [3.8, 4) is 11.8 Å². The van der Waals surface area contributed by atoms with Gasteiger partial charge in [-0.25, -0.2) is 0 Å². The largest absolute Gasteiger partial charge is 0.493 e. The fourth-order valence-corrected chi connectivity index (χ4v) is 2.06. The van der Waals surface area contributed by atoms with E-state index in [9.17, 15) is 9.90 Å². The number of nitrogens with one attached hydrogen (secondary N) is 1. The summed E-state index contributed by atoms with van der Waals surface area (Å²) in [5, 5.41) is 26.0. The van der Waals surface area contributed by atoms with Crippen LogP contribution >= 0.6 is 0 Å². The van der Waals surface area contributed by atoms with Crippen LogP contribution in [0.5, 0.6) is 5.75 Å². The first-order chi connectivity index (χ1) is 10.9. The average Bonchev–Trinajstić information content (AvgIpc) is 2.94. The topological polar surface area (TPSA) is 100 Å². The van der Waals surface area contributed by atoms with Gasteiger partial charge in [0.2, 0.25) is 0 Å². The second kappa shape index (κ2) is 6.50. The van der Waals surface area contributed by atoms with E-state index >= 15 is 0 Å². The first-order valence-corrected chi connectivity index (χ1v) is 6.97. The molecule has 2 rings (SSSR count). The van der Waals surface area contributed by atoms with E-state index in [4.69, 9.17) is 10.00 Å². The number of ether oxygens (including phenoxy) is 1. The molecule has 0 spiro atoms. The second-order valence-corrected chi connectivity index (χ2v) is 5.45. The van der Waals surface area contributed by atoms with E-state index in [1.165, 1.54) is 24.9 Å². The first kappa shape index (κ1) is 16.5. The minimum absolute atomic E-state index is 0.0164. The lowest BCUT2D eigenvalue weighted by atomic mass is 10.1. The van der Waals surface area contributed by atoms with Gasteiger partial charge in [-0.15, -0.1) is 0 Å². The smallest absolute Gasteiger partial charge is 0.257 e. The molecular formula is C16H18N4O3. The summed E-state index contributed by atoms with van der Waals surface area (Å²) in [6.07, 6.45) is 3.09. The van der Waals surface area contributed by atoms with E-state index in [0.29, 0.717) is 17.0 Å². The molecule has 7 heteroatoms. The molecule has 1 aromatic heterocycles. The first-order valence-electron chi connectivity index (χ1n) is 6.97. The number of rotatable bonds is 5. The van der Waals surface area contributed by atoms with Crippen molar-refractivity contribution < 1.29 is 14.6 Å². The Kier molecular flexibility index (Phi) is 4.67. The van der Waals surface area contributed by atoms with Gasteiger partial charge in [-0.1, -0.05) is 0 Å². The van der Waals surface area contributed by atoms with Crippen LogP contribution in [-0.4, -0.2) is 33.5 Å². The Morgan fingerprint density at radius 1 is 1.57 bits per heavy atom. The monoisotopic (exact) mass is 314 g/mol. The number of anilines is 1. The molecule has 0 unspecified atom stereocenters. The van der Waals surface area contributed by atoms with E-state index in [2.05, 4.69) is 16.5 Å². The second-order valence-electron chi connectivity index (χ2n) is 5.45. The normalized spacial score (nSPS) is 13.0. The maximum atomic E-state index is 12.3. The van der Waals surface area contributed by atoms with E-state index in [0.717, 1.165) is 5.56 Å². The van der Waals surface area contributed by atoms with Gasteiger partial charge in [0.05, 0.1) is 37.7 Å². The summed E-state index contributed by atoms with van der Waals surface area (Å²) < 4.78 is 6.44. The zero-order chi connectivity index (χ0) is 17.0. The highest BCUT2D eigenvalue weighted by molar-refractivity contribution is 5.96. The fraction of sp³-hybridized carbons (Fsp3) is 0.312. The van der Waals surface area contributed by atoms with Gasteiger partial charge in [0.15, 0.2) is 11.4 Å². The van der Waals surface area contributed by atoms with Gasteiger partial charge < -0.3 is 15.2 Å². The highest BCUT2D eigenvalue weighted by Gasteiger charge is 2.31. The van der Waals surface area contributed by atoms with Crippen LogP contribution in [0.3, 0.4) is 0 Å². The molecule has 1 aromatic carbocycles. The highest BCUT2D eigenvalue weighted by atomic mass is 16.5. The third kappa shape index (κ3) is 3.87. The molecule has 1 atom stereocenters. The van der Waals surface area contributed by atoms with Crippen LogP contribution in [0.1, 0.15) is 18.1 Å². The lowest BCUT2D eigenvalue weighted by Gasteiger charge is -2.22. The van der Waals surface area contributed by atoms with Gasteiger partial charge in [0.25, 0.3) is 5.91 Å². The van der Waals surface area contributed by atoms with Gasteiger partial charge in [-0.05, 0) is 37.6 Å². The molecule has 0 aliphatic heterocycles. The van der Waals surface area contributed by atoms with Gasteiger partial charge in [0.1, 0.15) is 0 Å². The predicted molar refractivity (Wildman–Crippen MR) is 83.9 cm³/mol. The van der Waals surface area contributed by atoms with Crippen molar-refractivity contribution in [1.82, 2.24) is 9.78 Å². The summed E-state index contributed by atoms with van der Waals surface area (Å²) in [6.45, 7) is 3.17. The summed E-state index contributed by atoms with van der Waals surface area (Å²) in [5.74, 6) is -0.0139. The average molecular weight is 314 g/mol. The van der Waals surface area contributed by atoms with Crippen LogP contribution in [0.15, 0.2) is 30.6 Å². The van der Waals surface area contributed by atoms with Gasteiger partial charge in [-0.3, -0.25) is 9.48 Å². The molecule has 1 amide bonds. The lowest BCUT2D eigenvalue weighted by molar-refractivity contribution is -0.133. The summed E-state index contributed by atoms with van der Waals surface area (Å²) >= 11 is 0. The van der Waals surface area contributed by atoms with Crippen LogP contribution in [-0.2, 0) is 11.3 Å². The lowest BCUT2D eigenvalue weighted by Crippen LogP contribution is -2.43. The Labute approximate surface area is 134 Å². The number of aromatic nitrogens is 2. The van der Waals surface area contributed by atoms with Gasteiger partial charge in [0, 0.05) is 5.69 Å². The number of methoxy groups -OCH3 is 1. The van der Waals surface area contributed by atoms with Crippen LogP contribution in [0, 0.1) is 18.3 Å². The summed E-state index contributed by atoms with van der Waals surface area (Å²) in [7, 11) is 1.51. The number of hydrogen-bond acceptors (Lipinski definition) is 5. The molecule has 0 radical (unpaired) electrons. The molecule has 23 heavy (non-hydrogen) atoms. The maximum absolute atomic E-state index is 12.3. The third-order valence-electron chi connectivity index (χ3n) is 3.41. The number of nitriles is 1. The van der Waals surface area contributed by atoms with Crippen molar-refractivity contribution in [2.24, 2.45) is 0 Å². The quantitative estimate of drug-likeness (QED) is 0.870. The molecule has 2 aromatic rings. The van der Waals surface area contributed by atoms with Crippen molar-refractivity contribution in [1.29, 1.82) is 5.26 Å². The molecule has 7 nitrogen and oxygen atoms in total. The Balaban J connectivity index is 2.09. The minimum atomic E-state index is -1.65. The number of carbonyl (C=O) groups excluding carboxylic acids is 1. The highest BCUT2D eigenvalue weighted by Crippen LogP contribution is 2.18. The Morgan fingerprint density at radius 3 is 2.87 bits per heavy atom. The van der Waals surface area contributed by atoms with E-state index in [1.54, 1.807) is 31.3 Å². The number of benzene rings is 1. The Hall–Kier alpha value is -2.85.